The summed E-state index contributed by atoms with van der Waals surface area (Å²) in [6.45, 7) is 4.15. The van der Waals surface area contributed by atoms with Gasteiger partial charge in [0.2, 0.25) is 5.91 Å². The lowest BCUT2D eigenvalue weighted by Crippen LogP contribution is -2.56. The summed E-state index contributed by atoms with van der Waals surface area (Å²) in [6, 6.07) is -0.283. The molecule has 11 heavy (non-hydrogen) atoms. The fourth-order valence-electron chi connectivity index (χ4n) is 1.32. The zero-order valence-electron chi connectivity index (χ0n) is 7.18. The smallest absolute Gasteiger partial charge is 0.237 e. The predicted octanol–water partition coefficient (Wildman–Crippen LogP) is 0.392. The molecule has 0 aromatic carbocycles. The highest BCUT2D eigenvalue weighted by Crippen LogP contribution is 2.21. The van der Waals surface area contributed by atoms with Crippen molar-refractivity contribution in [2.24, 2.45) is 5.73 Å². The van der Waals surface area contributed by atoms with Crippen molar-refractivity contribution in [1.82, 2.24) is 5.32 Å². The minimum atomic E-state index is -0.283. The Morgan fingerprint density at radius 2 is 2.45 bits per heavy atom. The van der Waals surface area contributed by atoms with Gasteiger partial charge < -0.3 is 11.1 Å². The number of nitrogens with one attached hydrogen (secondary N) is 1. The van der Waals surface area contributed by atoms with Crippen molar-refractivity contribution in [2.45, 2.75) is 44.7 Å². The number of carbonyl (C=O) groups is 1. The van der Waals surface area contributed by atoms with Crippen LogP contribution in [0.25, 0.3) is 0 Å². The molecule has 1 saturated heterocycles. The molecule has 3 heteroatoms. The fraction of sp³-hybridized carbons (Fsp3) is 0.875. The Balaban J connectivity index is 2.59. The number of nitrogens with two attached hydrogens (primary N) is 1. The molecule has 3 nitrogen and oxygen atoms in total. The van der Waals surface area contributed by atoms with Crippen molar-refractivity contribution in [2.75, 3.05) is 0 Å². The molecule has 0 spiro atoms. The molecule has 3 N–H and O–H groups in total. The summed E-state index contributed by atoms with van der Waals surface area (Å²) in [7, 11) is 0. The van der Waals surface area contributed by atoms with Crippen molar-refractivity contribution in [3.63, 3.8) is 0 Å². The van der Waals surface area contributed by atoms with Gasteiger partial charge in [-0.1, -0.05) is 6.92 Å². The maximum atomic E-state index is 11.1. The maximum absolute atomic E-state index is 11.1. The summed E-state index contributed by atoms with van der Waals surface area (Å²) in [4.78, 5) is 11.1. The standard InChI is InChI=1S/C8H16N2O/c1-3-8(2)5-4-6(9)7(11)10-8/h6H,3-5,9H2,1-2H3,(H,10,11). The maximum Gasteiger partial charge on any atom is 0.237 e. The zero-order valence-corrected chi connectivity index (χ0v) is 7.18. The first-order chi connectivity index (χ1) is 5.07. The van der Waals surface area contributed by atoms with E-state index in [2.05, 4.69) is 19.2 Å². The summed E-state index contributed by atoms with van der Waals surface area (Å²) in [5.41, 5.74) is 5.54. The van der Waals surface area contributed by atoms with Crippen LogP contribution in [0.1, 0.15) is 33.1 Å². The average Bonchev–Trinajstić information content (AvgIpc) is 1.98. The van der Waals surface area contributed by atoms with Crippen LogP contribution in [0, 0.1) is 0 Å². The Morgan fingerprint density at radius 1 is 1.82 bits per heavy atom. The molecule has 1 heterocycles. The van der Waals surface area contributed by atoms with Gasteiger partial charge >= 0.3 is 0 Å². The van der Waals surface area contributed by atoms with Gasteiger partial charge in [-0.15, -0.1) is 0 Å². The van der Waals surface area contributed by atoms with E-state index in [1.54, 1.807) is 0 Å². The lowest BCUT2D eigenvalue weighted by atomic mass is 9.86. The van der Waals surface area contributed by atoms with Crippen LogP contribution in [0.2, 0.25) is 0 Å². The molecule has 2 atom stereocenters. The SMILES string of the molecule is CCC1(C)CCC(N)C(=O)N1. The highest BCUT2D eigenvalue weighted by Gasteiger charge is 2.32. The van der Waals surface area contributed by atoms with Crippen LogP contribution in [0.15, 0.2) is 0 Å². The van der Waals surface area contributed by atoms with Crippen LogP contribution < -0.4 is 11.1 Å². The molecule has 0 aliphatic carbocycles. The minimum Gasteiger partial charge on any atom is -0.350 e. The molecule has 0 bridgehead atoms. The lowest BCUT2D eigenvalue weighted by Gasteiger charge is -2.36. The minimum absolute atomic E-state index is 0.000556. The molecule has 1 amide bonds. The summed E-state index contributed by atoms with van der Waals surface area (Å²) in [5.74, 6) is 0.000556. The van der Waals surface area contributed by atoms with Crippen LogP contribution in [0.3, 0.4) is 0 Å². The highest BCUT2D eigenvalue weighted by atomic mass is 16.2. The van der Waals surface area contributed by atoms with Crippen molar-refractivity contribution >= 4 is 5.91 Å². The summed E-state index contributed by atoms with van der Waals surface area (Å²) in [5, 5.41) is 2.93. The van der Waals surface area contributed by atoms with E-state index in [1.165, 1.54) is 0 Å². The molecule has 1 rings (SSSR count). The molecule has 2 unspecified atom stereocenters. The third-order valence-electron chi connectivity index (χ3n) is 2.55. The largest absolute Gasteiger partial charge is 0.350 e. The Kier molecular flexibility index (Phi) is 2.18. The molecular weight excluding hydrogens is 140 g/mol. The predicted molar refractivity (Wildman–Crippen MR) is 44.0 cm³/mol. The molecule has 1 aliphatic heterocycles. The van der Waals surface area contributed by atoms with Crippen molar-refractivity contribution in [3.05, 3.63) is 0 Å². The van der Waals surface area contributed by atoms with Gasteiger partial charge in [0.25, 0.3) is 0 Å². The van der Waals surface area contributed by atoms with Gasteiger partial charge in [-0.2, -0.15) is 0 Å². The summed E-state index contributed by atoms with van der Waals surface area (Å²) >= 11 is 0. The van der Waals surface area contributed by atoms with Crippen LogP contribution in [-0.2, 0) is 4.79 Å². The van der Waals surface area contributed by atoms with Gasteiger partial charge in [-0.25, -0.2) is 0 Å². The Hall–Kier alpha value is -0.570. The monoisotopic (exact) mass is 156 g/mol. The van der Waals surface area contributed by atoms with E-state index < -0.39 is 0 Å². The van der Waals surface area contributed by atoms with Gasteiger partial charge in [0.15, 0.2) is 0 Å². The van der Waals surface area contributed by atoms with Crippen molar-refractivity contribution in [1.29, 1.82) is 0 Å². The quantitative estimate of drug-likeness (QED) is 0.577. The molecule has 0 aromatic heterocycles. The van der Waals surface area contributed by atoms with Gasteiger partial charge in [0.05, 0.1) is 6.04 Å². The Labute approximate surface area is 67.3 Å². The van der Waals surface area contributed by atoms with E-state index in [0.29, 0.717) is 0 Å². The number of amides is 1. The topological polar surface area (TPSA) is 55.1 Å². The van der Waals surface area contributed by atoms with Gasteiger partial charge in [0, 0.05) is 5.54 Å². The van der Waals surface area contributed by atoms with Crippen LogP contribution >= 0.6 is 0 Å². The third-order valence-corrected chi connectivity index (χ3v) is 2.55. The van der Waals surface area contributed by atoms with Crippen LogP contribution in [-0.4, -0.2) is 17.5 Å². The number of carbonyl (C=O) groups excluding carboxylic acids is 1. The van der Waals surface area contributed by atoms with E-state index in [1.807, 2.05) is 0 Å². The number of hydrogen-bond donors (Lipinski definition) is 2. The van der Waals surface area contributed by atoms with Crippen LogP contribution in [0.5, 0.6) is 0 Å². The highest BCUT2D eigenvalue weighted by molar-refractivity contribution is 5.83. The molecule has 0 saturated carbocycles. The molecule has 0 radical (unpaired) electrons. The normalized spacial score (nSPS) is 38.5. The molecular formula is C8H16N2O. The van der Waals surface area contributed by atoms with E-state index in [9.17, 15) is 4.79 Å². The second-order valence-corrected chi connectivity index (χ2v) is 3.55. The fourth-order valence-corrected chi connectivity index (χ4v) is 1.32. The van der Waals surface area contributed by atoms with E-state index in [-0.39, 0.29) is 17.5 Å². The van der Waals surface area contributed by atoms with E-state index >= 15 is 0 Å². The summed E-state index contributed by atoms with van der Waals surface area (Å²) < 4.78 is 0. The second-order valence-electron chi connectivity index (χ2n) is 3.55. The van der Waals surface area contributed by atoms with Gasteiger partial charge in [-0.3, -0.25) is 4.79 Å². The van der Waals surface area contributed by atoms with Crippen molar-refractivity contribution in [3.8, 4) is 0 Å². The van der Waals surface area contributed by atoms with Gasteiger partial charge in [0.1, 0.15) is 0 Å². The molecule has 64 valence electrons. The number of piperidine rings is 1. The third kappa shape index (κ3) is 1.71. The second kappa shape index (κ2) is 2.81. The molecule has 1 aliphatic rings. The number of rotatable bonds is 1. The molecule has 0 aromatic rings. The first-order valence-electron chi connectivity index (χ1n) is 4.15. The Morgan fingerprint density at radius 3 is 2.91 bits per heavy atom. The Bertz CT molecular complexity index is 169. The van der Waals surface area contributed by atoms with Crippen molar-refractivity contribution < 1.29 is 4.79 Å². The van der Waals surface area contributed by atoms with E-state index in [0.717, 1.165) is 19.3 Å². The van der Waals surface area contributed by atoms with Gasteiger partial charge in [-0.05, 0) is 26.2 Å². The lowest BCUT2D eigenvalue weighted by molar-refractivity contribution is -0.126. The van der Waals surface area contributed by atoms with Crippen LogP contribution in [0.4, 0.5) is 0 Å². The zero-order chi connectivity index (χ0) is 8.48. The first kappa shape index (κ1) is 8.53. The molecule has 1 fully saturated rings. The average molecular weight is 156 g/mol. The summed E-state index contributed by atoms with van der Waals surface area (Å²) in [6.07, 6.45) is 2.79. The number of hydrogen-bond acceptors (Lipinski definition) is 2. The van der Waals surface area contributed by atoms with E-state index in [4.69, 9.17) is 5.73 Å². The first-order valence-corrected chi connectivity index (χ1v) is 4.15.